The third kappa shape index (κ3) is 3.25. The average molecular weight is 183 g/mol. The second-order valence-corrected chi connectivity index (χ2v) is 2.93. The summed E-state index contributed by atoms with van der Waals surface area (Å²) in [5.74, 6) is -0.199. The number of likely N-dealkylation sites (N-methyl/N-ethyl adjacent to an activating group) is 1. The van der Waals surface area contributed by atoms with Crippen LogP contribution in [0.2, 0.25) is 0 Å². The molecule has 0 saturated heterocycles. The summed E-state index contributed by atoms with van der Waals surface area (Å²) in [6, 6.07) is 0. The van der Waals surface area contributed by atoms with Gasteiger partial charge < -0.3 is 14.6 Å². The number of hydrogen-bond acceptors (Lipinski definition) is 4. The van der Waals surface area contributed by atoms with E-state index < -0.39 is 0 Å². The topological polar surface area (TPSA) is 58.4 Å². The molecule has 1 aromatic heterocycles. The molecule has 5 heteroatoms. The maximum absolute atomic E-state index is 11.2. The number of rotatable bonds is 4. The van der Waals surface area contributed by atoms with Gasteiger partial charge in [0.05, 0.1) is 0 Å². The Balaban J connectivity index is 2.27. The summed E-state index contributed by atoms with van der Waals surface area (Å²) < 4.78 is 4.68. The van der Waals surface area contributed by atoms with Crippen LogP contribution in [0.1, 0.15) is 10.5 Å². The Kier molecular flexibility index (Phi) is 3.45. The molecule has 13 heavy (non-hydrogen) atoms. The molecular weight excluding hydrogens is 170 g/mol. The lowest BCUT2D eigenvalue weighted by molar-refractivity contribution is 0.0946. The lowest BCUT2D eigenvalue weighted by Crippen LogP contribution is -2.31. The first-order chi connectivity index (χ1) is 6.20. The molecule has 0 aliphatic rings. The second-order valence-electron chi connectivity index (χ2n) is 2.93. The van der Waals surface area contributed by atoms with Crippen molar-refractivity contribution in [1.29, 1.82) is 0 Å². The number of carbonyl (C=O) groups is 1. The molecule has 0 atom stereocenters. The van der Waals surface area contributed by atoms with E-state index in [1.165, 1.54) is 12.7 Å². The third-order valence-electron chi connectivity index (χ3n) is 1.51. The van der Waals surface area contributed by atoms with Gasteiger partial charge >= 0.3 is 0 Å². The van der Waals surface area contributed by atoms with Gasteiger partial charge in [0.1, 0.15) is 6.26 Å². The van der Waals surface area contributed by atoms with Crippen molar-refractivity contribution in [2.24, 2.45) is 0 Å². The van der Waals surface area contributed by atoms with Crippen molar-refractivity contribution in [2.45, 2.75) is 0 Å². The molecule has 1 rings (SSSR count). The molecule has 1 aromatic rings. The molecule has 0 aliphatic heterocycles. The molecule has 5 nitrogen and oxygen atoms in total. The zero-order chi connectivity index (χ0) is 9.68. The Hall–Kier alpha value is -1.36. The molecule has 1 amide bonds. The Morgan fingerprint density at radius 1 is 1.69 bits per heavy atom. The lowest BCUT2D eigenvalue weighted by Gasteiger charge is -2.08. The summed E-state index contributed by atoms with van der Waals surface area (Å²) in [7, 11) is 3.89. The van der Waals surface area contributed by atoms with Crippen LogP contribution in [-0.2, 0) is 0 Å². The molecule has 0 unspecified atom stereocenters. The van der Waals surface area contributed by atoms with E-state index >= 15 is 0 Å². The van der Waals surface area contributed by atoms with Crippen LogP contribution in [0.25, 0.3) is 0 Å². The van der Waals surface area contributed by atoms with E-state index in [0.29, 0.717) is 12.2 Å². The molecule has 0 bridgehead atoms. The van der Waals surface area contributed by atoms with Gasteiger partial charge in [-0.3, -0.25) is 4.79 Å². The predicted octanol–water partition coefficient (Wildman–Crippen LogP) is -0.0340. The van der Waals surface area contributed by atoms with E-state index in [9.17, 15) is 4.79 Å². The van der Waals surface area contributed by atoms with E-state index in [1.54, 1.807) is 0 Å². The Labute approximate surface area is 76.7 Å². The van der Waals surface area contributed by atoms with Gasteiger partial charge in [0.25, 0.3) is 5.91 Å². The summed E-state index contributed by atoms with van der Waals surface area (Å²) in [6.45, 7) is 1.42. The van der Waals surface area contributed by atoms with Gasteiger partial charge in [-0.2, -0.15) is 0 Å². The van der Waals surface area contributed by atoms with Gasteiger partial charge in [0.15, 0.2) is 12.1 Å². The monoisotopic (exact) mass is 183 g/mol. The molecule has 0 aliphatic carbocycles. The fourth-order valence-corrected chi connectivity index (χ4v) is 0.808. The van der Waals surface area contributed by atoms with Crippen LogP contribution in [0.4, 0.5) is 0 Å². The minimum Gasteiger partial charge on any atom is -0.451 e. The van der Waals surface area contributed by atoms with E-state index in [1.807, 2.05) is 19.0 Å². The Bertz CT molecular complexity index is 256. The number of amides is 1. The summed E-state index contributed by atoms with van der Waals surface area (Å²) in [6.07, 6.45) is 2.56. The fraction of sp³-hybridized carbons (Fsp3) is 0.500. The van der Waals surface area contributed by atoms with Gasteiger partial charge in [-0.15, -0.1) is 0 Å². The van der Waals surface area contributed by atoms with Gasteiger partial charge in [0.2, 0.25) is 0 Å². The zero-order valence-corrected chi connectivity index (χ0v) is 7.78. The first-order valence-corrected chi connectivity index (χ1v) is 4.01. The number of carbonyl (C=O) groups excluding carboxylic acids is 1. The average Bonchev–Trinajstić information content (AvgIpc) is 2.55. The van der Waals surface area contributed by atoms with E-state index in [2.05, 4.69) is 14.7 Å². The summed E-state index contributed by atoms with van der Waals surface area (Å²) in [5.41, 5.74) is 0.318. The van der Waals surface area contributed by atoms with Crippen LogP contribution >= 0.6 is 0 Å². The SMILES string of the molecule is CN(C)CCNC(=O)c1cocn1. The van der Waals surface area contributed by atoms with Crippen LogP contribution in [0.5, 0.6) is 0 Å². The summed E-state index contributed by atoms with van der Waals surface area (Å²) in [4.78, 5) is 16.9. The highest BCUT2D eigenvalue weighted by atomic mass is 16.3. The molecule has 0 spiro atoms. The van der Waals surface area contributed by atoms with Gasteiger partial charge in [-0.1, -0.05) is 0 Å². The highest BCUT2D eigenvalue weighted by Crippen LogP contribution is 1.92. The van der Waals surface area contributed by atoms with Crippen molar-refractivity contribution in [1.82, 2.24) is 15.2 Å². The van der Waals surface area contributed by atoms with Crippen molar-refractivity contribution >= 4 is 5.91 Å². The van der Waals surface area contributed by atoms with Crippen molar-refractivity contribution in [3.8, 4) is 0 Å². The first-order valence-electron chi connectivity index (χ1n) is 4.01. The maximum Gasteiger partial charge on any atom is 0.273 e. The van der Waals surface area contributed by atoms with Crippen molar-refractivity contribution in [2.75, 3.05) is 27.2 Å². The Morgan fingerprint density at radius 2 is 2.46 bits per heavy atom. The molecule has 0 saturated carbocycles. The van der Waals surface area contributed by atoms with E-state index in [4.69, 9.17) is 0 Å². The van der Waals surface area contributed by atoms with E-state index in [-0.39, 0.29) is 5.91 Å². The quantitative estimate of drug-likeness (QED) is 0.712. The number of oxazole rings is 1. The second kappa shape index (κ2) is 4.61. The Morgan fingerprint density at radius 3 is 3.00 bits per heavy atom. The molecule has 1 heterocycles. The van der Waals surface area contributed by atoms with Crippen LogP contribution in [0, 0.1) is 0 Å². The van der Waals surface area contributed by atoms with Gasteiger partial charge in [0, 0.05) is 13.1 Å². The largest absolute Gasteiger partial charge is 0.451 e. The van der Waals surface area contributed by atoms with Gasteiger partial charge in [-0.05, 0) is 14.1 Å². The third-order valence-corrected chi connectivity index (χ3v) is 1.51. The minimum absolute atomic E-state index is 0.199. The summed E-state index contributed by atoms with van der Waals surface area (Å²) in [5, 5.41) is 2.71. The maximum atomic E-state index is 11.2. The number of nitrogens with zero attached hydrogens (tertiary/aromatic N) is 2. The highest BCUT2D eigenvalue weighted by molar-refractivity contribution is 5.91. The van der Waals surface area contributed by atoms with Crippen LogP contribution in [0.3, 0.4) is 0 Å². The first kappa shape index (κ1) is 9.73. The smallest absolute Gasteiger partial charge is 0.273 e. The fourth-order valence-electron chi connectivity index (χ4n) is 0.808. The van der Waals surface area contributed by atoms with Crippen molar-refractivity contribution in [3.05, 3.63) is 18.4 Å². The normalized spacial score (nSPS) is 10.4. The van der Waals surface area contributed by atoms with Crippen molar-refractivity contribution in [3.63, 3.8) is 0 Å². The number of nitrogens with one attached hydrogen (secondary N) is 1. The predicted molar refractivity (Wildman–Crippen MR) is 47.4 cm³/mol. The molecular formula is C8H13N3O2. The standard InChI is InChI=1S/C8H13N3O2/c1-11(2)4-3-9-8(12)7-5-13-6-10-7/h5-6H,3-4H2,1-2H3,(H,9,12). The van der Waals surface area contributed by atoms with Crippen LogP contribution in [0.15, 0.2) is 17.1 Å². The molecule has 72 valence electrons. The molecule has 0 aromatic carbocycles. The molecule has 1 N–H and O–H groups in total. The van der Waals surface area contributed by atoms with Crippen LogP contribution in [-0.4, -0.2) is 43.0 Å². The lowest BCUT2D eigenvalue weighted by atomic mass is 10.4. The zero-order valence-electron chi connectivity index (χ0n) is 7.78. The summed E-state index contributed by atoms with van der Waals surface area (Å²) >= 11 is 0. The molecule has 0 radical (unpaired) electrons. The minimum atomic E-state index is -0.199. The highest BCUT2D eigenvalue weighted by Gasteiger charge is 2.06. The van der Waals surface area contributed by atoms with E-state index in [0.717, 1.165) is 6.54 Å². The number of aromatic nitrogens is 1. The van der Waals surface area contributed by atoms with Gasteiger partial charge in [-0.25, -0.2) is 4.98 Å². The van der Waals surface area contributed by atoms with Crippen molar-refractivity contribution < 1.29 is 9.21 Å². The number of hydrogen-bond donors (Lipinski definition) is 1. The molecule has 0 fully saturated rings. The van der Waals surface area contributed by atoms with Crippen LogP contribution < -0.4 is 5.32 Å².